The van der Waals surface area contributed by atoms with Gasteiger partial charge in [-0.3, -0.25) is 14.0 Å². The Kier molecular flexibility index (Phi) is 8.00. The summed E-state index contributed by atoms with van der Waals surface area (Å²) >= 11 is 0. The minimum absolute atomic E-state index is 0.0378. The number of carboxylic acids is 1. The predicted octanol–water partition coefficient (Wildman–Crippen LogP) is 5.89. The Bertz CT molecular complexity index is 1680. The van der Waals surface area contributed by atoms with E-state index in [-0.39, 0.29) is 41.6 Å². The summed E-state index contributed by atoms with van der Waals surface area (Å²) in [4.78, 5) is 38.0. The molecule has 0 aliphatic heterocycles. The molecule has 1 aliphatic rings. The number of amides is 1. The molecule has 1 amide bonds. The number of alkyl halides is 3. The molecule has 10 nitrogen and oxygen atoms in total. The molecule has 0 saturated heterocycles. The van der Waals surface area contributed by atoms with Crippen molar-refractivity contribution in [2.24, 2.45) is 17.8 Å². The molecule has 4 aromatic rings. The van der Waals surface area contributed by atoms with E-state index in [1.54, 1.807) is 25.4 Å². The van der Waals surface area contributed by atoms with E-state index in [2.05, 4.69) is 15.3 Å². The summed E-state index contributed by atoms with van der Waals surface area (Å²) in [6, 6.07) is 6.23. The van der Waals surface area contributed by atoms with Gasteiger partial charge >= 0.3 is 12.1 Å². The summed E-state index contributed by atoms with van der Waals surface area (Å²) in [6.45, 7) is 5.92. The SMILES string of the molecule is CCOc1cc(C(=O)Nc2cc(C(F)(F)F)ccn2)ccc1-c1nc([C@@H]2C[C@@H](C)[C@H](C(=O)O)[C@@H](C)C2)n2ccnc(N)c12. The quantitative estimate of drug-likeness (QED) is 0.239. The number of nitrogens with zero attached hydrogens (tertiary/aromatic N) is 4. The van der Waals surface area contributed by atoms with E-state index in [1.165, 1.54) is 12.1 Å². The van der Waals surface area contributed by atoms with Crippen molar-refractivity contribution in [2.75, 3.05) is 17.7 Å². The van der Waals surface area contributed by atoms with Crippen LogP contribution in [-0.4, -0.2) is 42.9 Å². The number of pyridine rings is 1. The van der Waals surface area contributed by atoms with E-state index in [0.29, 0.717) is 35.4 Å². The second kappa shape index (κ2) is 11.5. The van der Waals surface area contributed by atoms with Gasteiger partial charge in [-0.25, -0.2) is 15.0 Å². The monoisotopic (exact) mass is 596 g/mol. The van der Waals surface area contributed by atoms with Gasteiger partial charge in [0, 0.05) is 35.6 Å². The standard InChI is InChI=1S/C30H31F3N6O4/c1-4-43-21-13-17(28(40)37-22-14-19(7-8-35-22)30(31,32)33)5-6-20(21)24-25-26(34)36-9-10-39(25)27(38-24)18-11-15(2)23(29(41)42)16(3)12-18/h5-10,13-16,18,23H,4,11-12H2,1-3H3,(H2,34,36)(H,41,42)(H,35,37,40)/t15-,16+,18-,23+. The van der Waals surface area contributed by atoms with Crippen LogP contribution in [0, 0.1) is 17.8 Å². The lowest BCUT2D eigenvalue weighted by molar-refractivity contribution is -0.147. The van der Waals surface area contributed by atoms with E-state index in [9.17, 15) is 27.9 Å². The Morgan fingerprint density at radius 2 is 1.84 bits per heavy atom. The van der Waals surface area contributed by atoms with Gasteiger partial charge in [0.2, 0.25) is 0 Å². The number of ether oxygens (including phenoxy) is 1. The first-order chi connectivity index (χ1) is 20.4. The number of nitrogen functional groups attached to an aromatic ring is 1. The van der Waals surface area contributed by atoms with Crippen LogP contribution in [0.1, 0.15) is 61.3 Å². The zero-order chi connectivity index (χ0) is 31.1. The van der Waals surface area contributed by atoms with Crippen LogP contribution in [0.25, 0.3) is 16.8 Å². The van der Waals surface area contributed by atoms with Crippen molar-refractivity contribution in [2.45, 2.75) is 45.7 Å². The van der Waals surface area contributed by atoms with Crippen molar-refractivity contribution in [3.63, 3.8) is 0 Å². The second-order valence-electron chi connectivity index (χ2n) is 10.9. The lowest BCUT2D eigenvalue weighted by atomic mass is 9.69. The zero-order valence-electron chi connectivity index (χ0n) is 23.7. The molecule has 1 saturated carbocycles. The lowest BCUT2D eigenvalue weighted by Gasteiger charge is -2.36. The van der Waals surface area contributed by atoms with E-state index < -0.39 is 29.5 Å². The van der Waals surface area contributed by atoms with Crippen LogP contribution in [0.3, 0.4) is 0 Å². The van der Waals surface area contributed by atoms with Crippen molar-refractivity contribution in [1.29, 1.82) is 0 Å². The number of fused-ring (bicyclic) bond motifs is 1. The van der Waals surface area contributed by atoms with Crippen molar-refractivity contribution < 1.29 is 32.6 Å². The van der Waals surface area contributed by atoms with Crippen LogP contribution in [0.15, 0.2) is 48.9 Å². The van der Waals surface area contributed by atoms with Crippen LogP contribution in [0.4, 0.5) is 24.8 Å². The molecule has 226 valence electrons. The molecule has 0 bridgehead atoms. The normalized spacial score (nSPS) is 20.6. The molecule has 5 rings (SSSR count). The Balaban J connectivity index is 1.52. The van der Waals surface area contributed by atoms with Gasteiger partial charge in [0.05, 0.1) is 18.1 Å². The number of halogens is 3. The third-order valence-corrected chi connectivity index (χ3v) is 7.93. The lowest BCUT2D eigenvalue weighted by Crippen LogP contribution is -2.35. The third kappa shape index (κ3) is 5.84. The van der Waals surface area contributed by atoms with Crippen molar-refractivity contribution in [3.05, 3.63) is 65.9 Å². The Hall–Kier alpha value is -4.68. The fourth-order valence-electron chi connectivity index (χ4n) is 6.11. The maximum Gasteiger partial charge on any atom is 0.416 e. The first-order valence-corrected chi connectivity index (χ1v) is 13.9. The van der Waals surface area contributed by atoms with Gasteiger partial charge in [-0.1, -0.05) is 13.8 Å². The highest BCUT2D eigenvalue weighted by Crippen LogP contribution is 2.45. The van der Waals surface area contributed by atoms with Crippen LogP contribution in [0.2, 0.25) is 0 Å². The Morgan fingerprint density at radius 1 is 1.12 bits per heavy atom. The highest BCUT2D eigenvalue weighted by molar-refractivity contribution is 6.04. The average Bonchev–Trinajstić information content (AvgIpc) is 3.33. The molecule has 3 aromatic heterocycles. The number of carboxylic acid groups (broad SMARTS) is 1. The summed E-state index contributed by atoms with van der Waals surface area (Å²) < 4.78 is 47.1. The van der Waals surface area contributed by atoms with Gasteiger partial charge in [0.15, 0.2) is 0 Å². The maximum atomic E-state index is 13.1. The molecular formula is C30H31F3N6O4. The molecular weight excluding hydrogens is 565 g/mol. The number of carbonyl (C=O) groups excluding carboxylic acids is 1. The molecule has 1 aliphatic carbocycles. The summed E-state index contributed by atoms with van der Waals surface area (Å²) in [5.41, 5.74) is 7.11. The number of nitrogens with two attached hydrogens (primary N) is 1. The maximum absolute atomic E-state index is 13.1. The first kappa shape index (κ1) is 29.8. The number of hydrogen-bond acceptors (Lipinski definition) is 7. The molecule has 0 spiro atoms. The fourth-order valence-corrected chi connectivity index (χ4v) is 6.11. The zero-order valence-corrected chi connectivity index (χ0v) is 23.7. The van der Waals surface area contributed by atoms with Crippen LogP contribution in [-0.2, 0) is 11.0 Å². The number of aliphatic carboxylic acids is 1. The summed E-state index contributed by atoms with van der Waals surface area (Å²) in [7, 11) is 0. The van der Waals surface area contributed by atoms with Gasteiger partial charge in [-0.05, 0) is 61.9 Å². The number of benzene rings is 1. The molecule has 0 unspecified atom stereocenters. The van der Waals surface area contributed by atoms with Crippen molar-refractivity contribution >= 4 is 29.0 Å². The van der Waals surface area contributed by atoms with Crippen LogP contribution < -0.4 is 15.8 Å². The van der Waals surface area contributed by atoms with Crippen molar-refractivity contribution in [1.82, 2.24) is 19.4 Å². The van der Waals surface area contributed by atoms with Gasteiger partial charge in [-0.15, -0.1) is 0 Å². The Labute approximate surface area is 245 Å². The number of rotatable bonds is 7. The van der Waals surface area contributed by atoms with E-state index in [4.69, 9.17) is 15.5 Å². The molecule has 4 atom stereocenters. The smallest absolute Gasteiger partial charge is 0.416 e. The highest BCUT2D eigenvalue weighted by Gasteiger charge is 2.40. The topological polar surface area (TPSA) is 145 Å². The molecule has 13 heteroatoms. The summed E-state index contributed by atoms with van der Waals surface area (Å²) in [6.07, 6.45) is 0.988. The first-order valence-electron chi connectivity index (χ1n) is 13.9. The van der Waals surface area contributed by atoms with E-state index in [1.807, 2.05) is 18.2 Å². The molecule has 43 heavy (non-hydrogen) atoms. The highest BCUT2D eigenvalue weighted by atomic mass is 19.4. The number of anilines is 2. The van der Waals surface area contributed by atoms with Crippen molar-refractivity contribution in [3.8, 4) is 17.0 Å². The molecule has 4 N–H and O–H groups in total. The Morgan fingerprint density at radius 3 is 2.49 bits per heavy atom. The van der Waals surface area contributed by atoms with Crippen LogP contribution >= 0.6 is 0 Å². The summed E-state index contributed by atoms with van der Waals surface area (Å²) in [5, 5.41) is 12.1. The number of aromatic nitrogens is 4. The van der Waals surface area contributed by atoms with Gasteiger partial charge in [0.1, 0.15) is 34.4 Å². The predicted molar refractivity (Wildman–Crippen MR) is 153 cm³/mol. The largest absolute Gasteiger partial charge is 0.493 e. The van der Waals surface area contributed by atoms with Gasteiger partial charge in [-0.2, -0.15) is 13.2 Å². The fraction of sp³-hybridized carbons (Fsp3) is 0.367. The molecule has 1 aromatic carbocycles. The number of carbonyl (C=O) groups is 2. The van der Waals surface area contributed by atoms with Gasteiger partial charge < -0.3 is 20.9 Å². The van der Waals surface area contributed by atoms with E-state index in [0.717, 1.165) is 24.2 Å². The molecule has 0 radical (unpaired) electrons. The second-order valence-corrected chi connectivity index (χ2v) is 10.9. The minimum Gasteiger partial charge on any atom is -0.493 e. The van der Waals surface area contributed by atoms with Crippen LogP contribution in [0.5, 0.6) is 5.75 Å². The summed E-state index contributed by atoms with van der Waals surface area (Å²) in [5.74, 6) is -1.05. The average molecular weight is 597 g/mol. The van der Waals surface area contributed by atoms with Gasteiger partial charge in [0.25, 0.3) is 5.91 Å². The molecule has 1 fully saturated rings. The third-order valence-electron chi connectivity index (χ3n) is 7.93. The number of hydrogen-bond donors (Lipinski definition) is 3. The number of imidazole rings is 1. The minimum atomic E-state index is -4.58. The molecule has 3 heterocycles. The van der Waals surface area contributed by atoms with E-state index >= 15 is 0 Å². The number of nitrogens with one attached hydrogen (secondary N) is 1.